The molecule has 11 amide bonds. The summed E-state index contributed by atoms with van der Waals surface area (Å²) in [5.41, 5.74) is 7.41. The number of ketones is 4. The second-order valence-electron chi connectivity index (χ2n) is 34.5. The molecule has 2 fully saturated rings. The van der Waals surface area contributed by atoms with E-state index in [1.165, 1.54) is 14.2 Å². The van der Waals surface area contributed by atoms with E-state index in [4.69, 9.17) is 58.2 Å². The summed E-state index contributed by atoms with van der Waals surface area (Å²) in [5.74, 6) is -8.96. The smallest absolute Gasteiger partial charge is 0.410 e. The Labute approximate surface area is 760 Å². The highest BCUT2D eigenvalue weighted by atomic mass is 16.6. The maximum atomic E-state index is 15.2. The number of likely N-dealkylation sites (N-methyl/N-ethyl adjacent to an activating group) is 1. The minimum absolute atomic E-state index is 0.0172. The van der Waals surface area contributed by atoms with Gasteiger partial charge < -0.3 is 88.9 Å². The molecule has 0 saturated carbocycles. The Morgan fingerprint density at radius 2 is 1.12 bits per heavy atom. The van der Waals surface area contributed by atoms with Gasteiger partial charge in [0.15, 0.2) is 11.6 Å². The molecule has 2 saturated heterocycles. The number of nitrogens with one attached hydrogen (secondary N) is 3. The summed E-state index contributed by atoms with van der Waals surface area (Å²) in [6, 6.07) is 11.9. The minimum Gasteiger partial charge on any atom is -0.445 e. The highest BCUT2D eigenvalue weighted by Crippen LogP contribution is 2.34. The number of urea groups is 1. The number of amides is 11. The van der Waals surface area contributed by atoms with Crippen molar-refractivity contribution in [3.05, 3.63) is 95.6 Å². The van der Waals surface area contributed by atoms with E-state index < -0.39 is 119 Å². The number of nitrogens with two attached hydrogens (primary N) is 1. The quantitative estimate of drug-likeness (QED) is 0.0407. The van der Waals surface area contributed by atoms with Crippen molar-refractivity contribution in [2.24, 2.45) is 53.1 Å². The molecule has 0 spiro atoms. The van der Waals surface area contributed by atoms with E-state index >= 15 is 4.79 Å². The van der Waals surface area contributed by atoms with Gasteiger partial charge in [0.25, 0.3) is 23.6 Å². The molecule has 2 aromatic carbocycles. The molecule has 0 radical (unpaired) electrons. The Kier molecular flexibility index (Phi) is 49.3. The van der Waals surface area contributed by atoms with Gasteiger partial charge in [-0.05, 0) is 78.9 Å². The number of nitrogens with zero attached hydrogens (tertiary/aromatic N) is 6. The molecule has 2 aromatic rings. The topological polar surface area (TPSA) is 433 Å². The number of carbonyl (C=O) groups excluding carboxylic acids is 14. The standard InChI is InChI=1S/C94H144N10O25/c1-13-66(8)88(81(120-11)60-86(114)102-35-18-22-77(102)89(121-12)67(9)78(107)57-71(55-68-19-15-14-16-20-68)90(115)96-34-41-122-43-45-124-47-49-126-51-53-128-54-52-127-50-48-125-46-44-123-42-40-105)99(10)92(117)75(64(4)5)59-80(109)87(65(6)7)100-36-38-101(39-37-100)94(119)129-62-70-25-23-69(24-26-70)56-79(108)76(21-17-33-97-93(95)118)98-91(116)74(63(2)3)58-73(106)28-27-72(104-84(112)31-32-85(104)113)61-103-82(110)29-30-83(103)111/h14-16,19-20,23-26,29-32,63-67,71-72,74-77,81,87-89,105H,13,17-18,21-22,27-28,33-62H2,1-12H3,(H,96,115)(H,98,116)(H3,95,97,118)/t66-,67-,71+,72?,74-,75-,76-,77-,81+,87-,88-,89+/m0/s1. The Morgan fingerprint density at radius 1 is 0.566 bits per heavy atom. The van der Waals surface area contributed by atoms with E-state index in [9.17, 15) is 62.3 Å². The number of hydrogen-bond acceptors (Lipinski definition) is 26. The first-order chi connectivity index (χ1) is 61.8. The molecule has 1 unspecified atom stereocenters. The average Bonchev–Trinajstić information content (AvgIpc) is 0.996. The van der Waals surface area contributed by atoms with E-state index in [0.717, 1.165) is 39.7 Å². The summed E-state index contributed by atoms with van der Waals surface area (Å²) >= 11 is 0. The largest absolute Gasteiger partial charge is 0.445 e. The van der Waals surface area contributed by atoms with Gasteiger partial charge in [-0.15, -0.1) is 0 Å². The van der Waals surface area contributed by atoms with E-state index in [0.29, 0.717) is 142 Å². The summed E-state index contributed by atoms with van der Waals surface area (Å²) in [5, 5.41) is 17.0. The number of benzene rings is 2. The summed E-state index contributed by atoms with van der Waals surface area (Å²) < 4.78 is 56.7. The van der Waals surface area contributed by atoms with Gasteiger partial charge in [-0.2, -0.15) is 0 Å². The van der Waals surface area contributed by atoms with Crippen LogP contribution in [-0.4, -0.2) is 332 Å². The Balaban J connectivity index is 0.960. The average molecular weight is 1810 g/mol. The molecular weight excluding hydrogens is 1670 g/mol. The highest BCUT2D eigenvalue weighted by Gasteiger charge is 2.45. The predicted molar refractivity (Wildman–Crippen MR) is 477 cm³/mol. The van der Waals surface area contributed by atoms with Gasteiger partial charge >= 0.3 is 12.1 Å². The number of Topliss-reactive ketones (excluding diaryl/α,β-unsaturated/α-hetero) is 4. The number of aliphatic hydroxyl groups is 1. The molecule has 35 nitrogen and oxygen atoms in total. The van der Waals surface area contributed by atoms with Gasteiger partial charge in [0.05, 0.1) is 154 Å². The van der Waals surface area contributed by atoms with Gasteiger partial charge in [-0.1, -0.05) is 123 Å². The van der Waals surface area contributed by atoms with Crippen LogP contribution in [0.2, 0.25) is 0 Å². The second kappa shape index (κ2) is 58.6. The molecule has 0 aromatic heterocycles. The normalized spacial score (nSPS) is 17.4. The van der Waals surface area contributed by atoms with Crippen molar-refractivity contribution in [3.8, 4) is 0 Å². The monoisotopic (exact) mass is 1810 g/mol. The number of hydrogen-bond donors (Lipinski definition) is 5. The van der Waals surface area contributed by atoms with Crippen molar-refractivity contribution in [2.45, 2.75) is 195 Å². The summed E-state index contributed by atoms with van der Waals surface area (Å²) in [6.07, 6.45) is 3.92. The Hall–Kier alpha value is -9.14. The van der Waals surface area contributed by atoms with Crippen molar-refractivity contribution in [3.63, 3.8) is 0 Å². The fraction of sp³-hybridized carbons (Fsp3) is 0.681. The van der Waals surface area contributed by atoms with Crippen molar-refractivity contribution in [1.29, 1.82) is 0 Å². The van der Waals surface area contributed by atoms with Crippen molar-refractivity contribution < 1.29 is 120 Å². The lowest BCUT2D eigenvalue weighted by Gasteiger charge is -2.42. The Bertz CT molecular complexity index is 3900. The van der Waals surface area contributed by atoms with Crippen LogP contribution in [0.15, 0.2) is 78.9 Å². The molecule has 6 N–H and O–H groups in total. The molecule has 35 heteroatoms. The number of primary amides is 1. The number of imide groups is 2. The van der Waals surface area contributed by atoms with Gasteiger partial charge in [0.2, 0.25) is 23.6 Å². The minimum atomic E-state index is -1.05. The molecule has 12 atom stereocenters. The summed E-state index contributed by atoms with van der Waals surface area (Å²) in [4.78, 5) is 200. The lowest BCUT2D eigenvalue weighted by Crippen LogP contribution is -2.56. The molecule has 129 heavy (non-hydrogen) atoms. The zero-order valence-electron chi connectivity index (χ0n) is 77.8. The van der Waals surface area contributed by atoms with Gasteiger partial charge in [-0.3, -0.25) is 72.2 Å². The van der Waals surface area contributed by atoms with Crippen LogP contribution in [-0.2, 0) is 124 Å². The van der Waals surface area contributed by atoms with E-state index in [-0.39, 0.29) is 163 Å². The number of rotatable bonds is 66. The third-order valence-corrected chi connectivity index (χ3v) is 24.3. The van der Waals surface area contributed by atoms with Crippen molar-refractivity contribution >= 4 is 82.5 Å². The number of piperazine rings is 1. The fourth-order valence-corrected chi connectivity index (χ4v) is 16.8. The SMILES string of the molecule is CC[C@H](C)[C@@H]([C@@H](CC(=O)N1CCC[C@H]1[C@H](OC)[C@@H](C)C(=O)C[C@@H](Cc1ccccc1)C(=O)NCCOCCOCCOCCOCCOCCOCCOCCO)OC)N(C)C(=O)[C@@H](CC(=O)[C@H](C(C)C)N1CCN(C(=O)OCc2ccc(CC(=O)[C@H](CCCNC(N)=O)NC(=O)[C@@H](CC(=O)CCC(CN3C(=O)C=CC3=O)N3C(=O)C=CC3=O)C(C)C)cc2)CC1)C(C)C. The predicted octanol–water partition coefficient (Wildman–Crippen LogP) is 5.43. The summed E-state index contributed by atoms with van der Waals surface area (Å²) in [7, 11) is 4.79. The molecule has 0 aliphatic carbocycles. The van der Waals surface area contributed by atoms with Crippen LogP contribution >= 0.6 is 0 Å². The first kappa shape index (κ1) is 109. The number of likely N-dealkylation sites (tertiary alicyclic amines) is 1. The lowest BCUT2D eigenvalue weighted by atomic mass is 9.83. The van der Waals surface area contributed by atoms with Crippen LogP contribution in [0.4, 0.5) is 9.59 Å². The molecule has 4 aliphatic rings. The zero-order chi connectivity index (χ0) is 94.5. The fourth-order valence-electron chi connectivity index (χ4n) is 16.8. The van der Waals surface area contributed by atoms with Gasteiger partial charge in [0, 0.05) is 147 Å². The Morgan fingerprint density at radius 3 is 1.64 bits per heavy atom. The van der Waals surface area contributed by atoms with E-state index in [1.54, 1.807) is 66.8 Å². The molecule has 4 aliphatic heterocycles. The van der Waals surface area contributed by atoms with Crippen LogP contribution in [0.1, 0.15) is 150 Å². The third-order valence-electron chi connectivity index (χ3n) is 24.3. The maximum absolute atomic E-state index is 15.2. The second-order valence-corrected chi connectivity index (χ2v) is 34.5. The van der Waals surface area contributed by atoms with Crippen LogP contribution in [0.5, 0.6) is 0 Å². The number of ether oxygens (including phenoxy) is 10. The number of carbonyl (C=O) groups is 14. The maximum Gasteiger partial charge on any atom is 0.410 e. The van der Waals surface area contributed by atoms with Crippen molar-refractivity contribution in [2.75, 3.05) is 173 Å². The molecule has 4 heterocycles. The summed E-state index contributed by atoms with van der Waals surface area (Å²) in [6.45, 7) is 23.9. The van der Waals surface area contributed by atoms with Gasteiger partial charge in [0.1, 0.15) is 18.2 Å². The van der Waals surface area contributed by atoms with Crippen LogP contribution in [0, 0.1) is 47.3 Å². The lowest BCUT2D eigenvalue weighted by molar-refractivity contribution is -0.149. The van der Waals surface area contributed by atoms with E-state index in [2.05, 4.69) is 20.9 Å². The third kappa shape index (κ3) is 36.5. The molecule has 0 bridgehead atoms. The number of aliphatic hydroxyl groups excluding tert-OH is 1. The highest BCUT2D eigenvalue weighted by molar-refractivity contribution is 6.14. The molecule has 6 rings (SSSR count). The zero-order valence-corrected chi connectivity index (χ0v) is 77.8. The first-order valence-electron chi connectivity index (χ1n) is 45.7. The number of methoxy groups -OCH3 is 2. The molecule has 720 valence electrons. The first-order valence-corrected chi connectivity index (χ1v) is 45.7. The van der Waals surface area contributed by atoms with Crippen LogP contribution in [0.25, 0.3) is 0 Å². The van der Waals surface area contributed by atoms with Crippen LogP contribution < -0.4 is 21.7 Å². The van der Waals surface area contributed by atoms with Crippen molar-refractivity contribution in [1.82, 2.24) is 45.3 Å². The van der Waals surface area contributed by atoms with Crippen LogP contribution in [0.3, 0.4) is 0 Å². The van der Waals surface area contributed by atoms with Gasteiger partial charge in [-0.25, -0.2) is 9.59 Å². The van der Waals surface area contributed by atoms with E-state index in [1.807, 2.05) is 71.9 Å². The molecular formula is C94H144N10O25.